The molecule has 0 saturated heterocycles. The number of aromatic nitrogens is 2. The number of fused-ring (bicyclic) bond motifs is 1. The zero-order valence-corrected chi connectivity index (χ0v) is 10.9. The Morgan fingerprint density at radius 1 is 1.44 bits per heavy atom. The quantitative estimate of drug-likeness (QED) is 0.727. The van der Waals surface area contributed by atoms with Crippen LogP contribution >= 0.6 is 0 Å². The van der Waals surface area contributed by atoms with Crippen molar-refractivity contribution in [3.63, 3.8) is 0 Å². The predicted octanol–water partition coefficient (Wildman–Crippen LogP) is 1.32. The number of H-pyrrole nitrogens is 1. The monoisotopic (exact) mass is 266 g/mol. The highest BCUT2D eigenvalue weighted by Gasteiger charge is 2.24. The number of aromatic amines is 1. The number of rotatable bonds is 3. The fourth-order valence-corrected chi connectivity index (χ4v) is 2.91. The second kappa shape index (κ2) is 4.09. The summed E-state index contributed by atoms with van der Waals surface area (Å²) in [4.78, 5) is 6.90. The largest absolute Gasteiger partial charge is 0.369 e. The lowest BCUT2D eigenvalue weighted by atomic mass is 10.2. The van der Waals surface area contributed by atoms with E-state index in [2.05, 4.69) is 9.97 Å². The van der Waals surface area contributed by atoms with Gasteiger partial charge in [0, 0.05) is 6.21 Å². The minimum atomic E-state index is -3.46. The summed E-state index contributed by atoms with van der Waals surface area (Å²) in [7, 11) is -3.46. The van der Waals surface area contributed by atoms with Gasteiger partial charge >= 0.3 is 0 Å². The number of imidazole rings is 1. The molecule has 4 N–H and O–H groups in total. The first-order valence-corrected chi connectivity index (χ1v) is 6.94. The highest BCUT2D eigenvalue weighted by molar-refractivity contribution is 7.92. The van der Waals surface area contributed by atoms with Gasteiger partial charge < -0.3 is 16.1 Å². The first-order valence-electron chi connectivity index (χ1n) is 5.40. The smallest absolute Gasteiger partial charge is 0.198 e. The Bertz CT molecular complexity index is 716. The van der Waals surface area contributed by atoms with Crippen molar-refractivity contribution in [3.8, 4) is 0 Å². The van der Waals surface area contributed by atoms with Crippen molar-refractivity contribution >= 4 is 33.0 Å². The first kappa shape index (κ1) is 12.6. The van der Waals surface area contributed by atoms with Gasteiger partial charge in [0.25, 0.3) is 0 Å². The second-order valence-corrected chi connectivity index (χ2v) is 6.75. The van der Waals surface area contributed by atoms with Gasteiger partial charge in [-0.25, -0.2) is 13.4 Å². The lowest BCUT2D eigenvalue weighted by Crippen LogP contribution is -2.14. The van der Waals surface area contributed by atoms with Gasteiger partial charge in [-0.1, -0.05) is 0 Å². The summed E-state index contributed by atoms with van der Waals surface area (Å²) >= 11 is 0. The average Bonchev–Trinajstić information content (AvgIpc) is 2.67. The Balaban J connectivity index is 2.88. The summed E-state index contributed by atoms with van der Waals surface area (Å²) in [5.41, 5.74) is 6.89. The fourth-order valence-electron chi connectivity index (χ4n) is 1.68. The lowest BCUT2D eigenvalue weighted by Gasteiger charge is -2.09. The van der Waals surface area contributed by atoms with Crippen LogP contribution in [0.1, 0.15) is 19.4 Å². The van der Waals surface area contributed by atoms with Crippen LogP contribution in [-0.4, -0.2) is 29.9 Å². The normalized spacial score (nSPS) is 12.2. The molecule has 18 heavy (non-hydrogen) atoms. The number of nitrogens with zero attached hydrogens (tertiary/aromatic N) is 1. The number of benzene rings is 1. The van der Waals surface area contributed by atoms with Crippen molar-refractivity contribution in [1.29, 1.82) is 5.41 Å². The van der Waals surface area contributed by atoms with Gasteiger partial charge in [0.2, 0.25) is 0 Å². The van der Waals surface area contributed by atoms with E-state index in [1.165, 1.54) is 6.07 Å². The van der Waals surface area contributed by atoms with E-state index in [-0.39, 0.29) is 10.8 Å². The summed E-state index contributed by atoms with van der Waals surface area (Å²) in [5.74, 6) is 0.160. The van der Waals surface area contributed by atoms with E-state index >= 15 is 0 Å². The molecular weight excluding hydrogens is 252 g/mol. The van der Waals surface area contributed by atoms with E-state index in [1.807, 2.05) is 0 Å². The van der Waals surface area contributed by atoms with Gasteiger partial charge in [-0.05, 0) is 31.5 Å². The fraction of sp³-hybridized carbons (Fsp3) is 0.273. The molecule has 7 heteroatoms. The number of nitrogens with one attached hydrogen (secondary N) is 2. The van der Waals surface area contributed by atoms with Crippen LogP contribution in [0.25, 0.3) is 11.0 Å². The maximum absolute atomic E-state index is 12.3. The van der Waals surface area contributed by atoms with Crippen molar-refractivity contribution in [1.82, 2.24) is 9.97 Å². The number of sulfone groups is 1. The molecule has 0 aliphatic heterocycles. The third-order valence-electron chi connectivity index (χ3n) is 2.69. The van der Waals surface area contributed by atoms with E-state index in [4.69, 9.17) is 11.1 Å². The zero-order valence-electron chi connectivity index (χ0n) is 10.1. The number of hydrogen-bond acceptors (Lipinski definition) is 5. The Morgan fingerprint density at radius 3 is 2.67 bits per heavy atom. The standard InChI is InChI=1S/C11H14N4O2S/c1-6(2)18(16,17)9-4-7(5-12)3-8-10(9)15-11(13)14-8/h3-6,12H,1-2H3,(H3,13,14,15). The third kappa shape index (κ3) is 1.86. The van der Waals surface area contributed by atoms with Gasteiger partial charge in [0.15, 0.2) is 15.8 Å². The van der Waals surface area contributed by atoms with Crippen LogP contribution in [0.2, 0.25) is 0 Å². The molecule has 0 fully saturated rings. The van der Waals surface area contributed by atoms with Crippen LogP contribution in [0.15, 0.2) is 17.0 Å². The molecule has 0 atom stereocenters. The minimum absolute atomic E-state index is 0.112. The van der Waals surface area contributed by atoms with Crippen molar-refractivity contribution < 1.29 is 8.42 Å². The molecular formula is C11H14N4O2S. The van der Waals surface area contributed by atoms with Gasteiger partial charge in [-0.2, -0.15) is 0 Å². The van der Waals surface area contributed by atoms with E-state index < -0.39 is 15.1 Å². The highest BCUT2D eigenvalue weighted by Crippen LogP contribution is 2.26. The maximum atomic E-state index is 12.3. The Kier molecular flexibility index (Phi) is 2.86. The third-order valence-corrected chi connectivity index (χ3v) is 4.85. The molecule has 0 radical (unpaired) electrons. The molecule has 6 nitrogen and oxygen atoms in total. The van der Waals surface area contributed by atoms with Crippen LogP contribution in [0.5, 0.6) is 0 Å². The number of anilines is 1. The number of hydrogen-bond donors (Lipinski definition) is 3. The summed E-state index contributed by atoms with van der Waals surface area (Å²) in [6, 6.07) is 3.09. The van der Waals surface area contributed by atoms with Crippen LogP contribution in [0.3, 0.4) is 0 Å². The number of nitrogens with two attached hydrogens (primary N) is 1. The van der Waals surface area contributed by atoms with Crippen molar-refractivity contribution in [2.24, 2.45) is 0 Å². The molecule has 0 aliphatic rings. The Morgan fingerprint density at radius 2 is 2.11 bits per heavy atom. The molecule has 2 rings (SSSR count). The van der Waals surface area contributed by atoms with Crippen molar-refractivity contribution in [2.45, 2.75) is 24.0 Å². The van der Waals surface area contributed by atoms with Crippen molar-refractivity contribution in [2.75, 3.05) is 5.73 Å². The Hall–Kier alpha value is -1.89. The molecule has 1 aromatic carbocycles. The first-order chi connectivity index (χ1) is 8.36. The van der Waals surface area contributed by atoms with Gasteiger partial charge in [0.1, 0.15) is 5.52 Å². The number of nitrogen functional groups attached to an aromatic ring is 1. The lowest BCUT2D eigenvalue weighted by molar-refractivity contribution is 0.588. The van der Waals surface area contributed by atoms with Gasteiger partial charge in [0.05, 0.1) is 15.7 Å². The SMILES string of the molecule is CC(C)S(=O)(=O)c1cc(C=N)cc2[nH]c(N)nc12. The van der Waals surface area contributed by atoms with Gasteiger partial charge in [-0.3, -0.25) is 0 Å². The van der Waals surface area contributed by atoms with Crippen LogP contribution < -0.4 is 5.73 Å². The summed E-state index contributed by atoms with van der Waals surface area (Å²) < 4.78 is 24.5. The molecule has 2 aromatic rings. The maximum Gasteiger partial charge on any atom is 0.198 e. The molecule has 0 saturated carbocycles. The molecule has 0 bridgehead atoms. The summed E-state index contributed by atoms with van der Waals surface area (Å²) in [6.45, 7) is 3.21. The van der Waals surface area contributed by atoms with Crippen LogP contribution in [0, 0.1) is 5.41 Å². The van der Waals surface area contributed by atoms with Crippen LogP contribution in [-0.2, 0) is 9.84 Å². The minimum Gasteiger partial charge on any atom is -0.369 e. The molecule has 1 aromatic heterocycles. The summed E-state index contributed by atoms with van der Waals surface area (Å²) in [5, 5.41) is 6.69. The topological polar surface area (TPSA) is 113 Å². The summed E-state index contributed by atoms with van der Waals surface area (Å²) in [6.07, 6.45) is 1.09. The van der Waals surface area contributed by atoms with Crippen LogP contribution in [0.4, 0.5) is 5.95 Å². The van der Waals surface area contributed by atoms with E-state index in [0.29, 0.717) is 16.6 Å². The molecule has 96 valence electrons. The van der Waals surface area contributed by atoms with E-state index in [9.17, 15) is 8.42 Å². The average molecular weight is 266 g/mol. The van der Waals surface area contributed by atoms with Crippen molar-refractivity contribution in [3.05, 3.63) is 17.7 Å². The molecule has 0 spiro atoms. The highest BCUT2D eigenvalue weighted by atomic mass is 32.2. The molecule has 0 aliphatic carbocycles. The predicted molar refractivity (Wildman–Crippen MR) is 70.7 cm³/mol. The van der Waals surface area contributed by atoms with E-state index in [1.54, 1.807) is 19.9 Å². The molecule has 1 heterocycles. The zero-order chi connectivity index (χ0) is 13.5. The molecule has 0 amide bonds. The Labute approximate surface area is 105 Å². The molecule has 0 unspecified atom stereocenters. The second-order valence-electron chi connectivity index (χ2n) is 4.28. The van der Waals surface area contributed by atoms with Gasteiger partial charge in [-0.15, -0.1) is 0 Å². The van der Waals surface area contributed by atoms with E-state index in [0.717, 1.165) is 6.21 Å².